The van der Waals surface area contributed by atoms with Crippen molar-refractivity contribution in [1.82, 2.24) is 0 Å². The van der Waals surface area contributed by atoms with Crippen LogP contribution in [0.1, 0.15) is 23.4 Å². The van der Waals surface area contributed by atoms with Crippen LogP contribution in [0.3, 0.4) is 0 Å². The fraction of sp³-hybridized carbons (Fsp3) is 0.308. The van der Waals surface area contributed by atoms with Crippen LogP contribution in [0.4, 0.5) is 0 Å². The molecule has 88 valence electrons. The van der Waals surface area contributed by atoms with Crippen LogP contribution in [-0.4, -0.2) is 18.5 Å². The summed E-state index contributed by atoms with van der Waals surface area (Å²) in [5.41, 5.74) is 0.677. The van der Waals surface area contributed by atoms with Crippen molar-refractivity contribution in [3.63, 3.8) is 0 Å². The molecule has 1 aliphatic heterocycles. The minimum atomic E-state index is -0.342. The molecule has 1 aromatic carbocycles. The van der Waals surface area contributed by atoms with Crippen molar-refractivity contribution in [3.05, 3.63) is 35.0 Å². The second kappa shape index (κ2) is 4.17. The summed E-state index contributed by atoms with van der Waals surface area (Å²) in [6.45, 7) is 0.655. The molecule has 1 aliphatic rings. The number of ketones is 1. The van der Waals surface area contributed by atoms with Crippen LogP contribution in [0.2, 0.25) is 5.02 Å². The Kier molecular flexibility index (Phi) is 2.65. The molecule has 0 radical (unpaired) electrons. The molecule has 0 aliphatic carbocycles. The van der Waals surface area contributed by atoms with Crippen molar-refractivity contribution in [2.45, 2.75) is 18.9 Å². The van der Waals surface area contributed by atoms with Gasteiger partial charge in [0.1, 0.15) is 11.7 Å². The summed E-state index contributed by atoms with van der Waals surface area (Å²) in [6, 6.07) is 7.02. The molecule has 1 unspecified atom stereocenters. The Labute approximate surface area is 103 Å². The van der Waals surface area contributed by atoms with Gasteiger partial charge in [0.15, 0.2) is 5.76 Å². The lowest BCUT2D eigenvalue weighted by Gasteiger charge is -2.04. The molecular formula is C13H11ClO3. The van der Waals surface area contributed by atoms with Gasteiger partial charge in [-0.05, 0) is 37.1 Å². The minimum Gasteiger partial charge on any atom is -0.453 e. The van der Waals surface area contributed by atoms with Gasteiger partial charge in [-0.25, -0.2) is 0 Å². The number of halogens is 1. The van der Waals surface area contributed by atoms with Crippen molar-refractivity contribution in [2.24, 2.45) is 0 Å². The maximum atomic E-state index is 12.0. The van der Waals surface area contributed by atoms with Gasteiger partial charge in [0, 0.05) is 17.0 Å². The number of rotatable bonds is 2. The Morgan fingerprint density at radius 2 is 2.24 bits per heavy atom. The Morgan fingerprint density at radius 1 is 1.35 bits per heavy atom. The normalized spacial score (nSPS) is 19.9. The number of Topliss-reactive ketones (excluding diaryl/α,β-unsaturated/α-hetero) is 1. The van der Waals surface area contributed by atoms with Crippen molar-refractivity contribution >= 4 is 28.4 Å². The largest absolute Gasteiger partial charge is 0.453 e. The molecule has 4 heteroatoms. The number of carbonyl (C=O) groups is 1. The van der Waals surface area contributed by atoms with E-state index in [-0.39, 0.29) is 11.9 Å². The zero-order valence-electron chi connectivity index (χ0n) is 9.11. The standard InChI is InChI=1S/C13H11ClO3/c14-9-3-4-10-8(6-9)7-12(17-10)13(15)11-2-1-5-16-11/h3-4,6-7,11H,1-2,5H2. The van der Waals surface area contributed by atoms with Crippen LogP contribution < -0.4 is 0 Å². The lowest BCUT2D eigenvalue weighted by Crippen LogP contribution is -2.18. The summed E-state index contributed by atoms with van der Waals surface area (Å²) in [5, 5.41) is 1.48. The molecule has 0 spiro atoms. The molecule has 2 aromatic rings. The van der Waals surface area contributed by atoms with Crippen LogP contribution in [0, 0.1) is 0 Å². The van der Waals surface area contributed by atoms with Gasteiger partial charge in [0.25, 0.3) is 0 Å². The van der Waals surface area contributed by atoms with E-state index in [0.29, 0.717) is 23.0 Å². The Balaban J connectivity index is 1.97. The topological polar surface area (TPSA) is 39.4 Å². The molecule has 1 atom stereocenters. The summed E-state index contributed by atoms with van der Waals surface area (Å²) >= 11 is 5.88. The van der Waals surface area contributed by atoms with Crippen molar-refractivity contribution in [3.8, 4) is 0 Å². The molecule has 17 heavy (non-hydrogen) atoms. The Hall–Kier alpha value is -1.32. The predicted molar refractivity (Wildman–Crippen MR) is 64.5 cm³/mol. The fourth-order valence-corrected chi connectivity index (χ4v) is 2.26. The number of benzene rings is 1. The summed E-state index contributed by atoms with van der Waals surface area (Å²) in [4.78, 5) is 12.0. The SMILES string of the molecule is O=C(c1cc2cc(Cl)ccc2o1)C1CCCO1. The smallest absolute Gasteiger partial charge is 0.226 e. The van der Waals surface area contributed by atoms with E-state index in [4.69, 9.17) is 20.8 Å². The van der Waals surface area contributed by atoms with Crippen molar-refractivity contribution in [2.75, 3.05) is 6.61 Å². The van der Waals surface area contributed by atoms with Gasteiger partial charge in [0.2, 0.25) is 5.78 Å². The molecule has 3 rings (SSSR count). The monoisotopic (exact) mass is 250 g/mol. The molecule has 0 N–H and O–H groups in total. The van der Waals surface area contributed by atoms with Gasteiger partial charge >= 0.3 is 0 Å². The second-order valence-corrected chi connectivity index (χ2v) is 4.60. The number of hydrogen-bond acceptors (Lipinski definition) is 3. The average molecular weight is 251 g/mol. The van der Waals surface area contributed by atoms with Gasteiger partial charge in [0.05, 0.1) is 0 Å². The summed E-state index contributed by atoms with van der Waals surface area (Å²) < 4.78 is 10.9. The van der Waals surface area contributed by atoms with Crippen LogP contribution in [0.5, 0.6) is 0 Å². The first kappa shape index (κ1) is 10.8. The van der Waals surface area contributed by atoms with Crippen LogP contribution >= 0.6 is 11.6 Å². The van der Waals surface area contributed by atoms with Crippen molar-refractivity contribution in [1.29, 1.82) is 0 Å². The third-order valence-electron chi connectivity index (χ3n) is 2.94. The first-order valence-corrected chi connectivity index (χ1v) is 5.97. The van der Waals surface area contributed by atoms with Gasteiger partial charge in [-0.1, -0.05) is 11.6 Å². The first-order chi connectivity index (χ1) is 8.24. The fourth-order valence-electron chi connectivity index (χ4n) is 2.08. The minimum absolute atomic E-state index is 0.0742. The first-order valence-electron chi connectivity index (χ1n) is 5.59. The van der Waals surface area contributed by atoms with E-state index in [1.165, 1.54) is 0 Å². The number of fused-ring (bicyclic) bond motifs is 1. The van der Waals surface area contributed by atoms with E-state index in [1.54, 1.807) is 24.3 Å². The molecule has 1 saturated heterocycles. The van der Waals surface area contributed by atoms with Crippen LogP contribution in [0.15, 0.2) is 28.7 Å². The molecule has 0 saturated carbocycles. The lowest BCUT2D eigenvalue weighted by molar-refractivity contribution is 0.0617. The van der Waals surface area contributed by atoms with E-state index in [0.717, 1.165) is 18.2 Å². The highest BCUT2D eigenvalue weighted by Crippen LogP contribution is 2.25. The van der Waals surface area contributed by atoms with Crippen molar-refractivity contribution < 1.29 is 13.9 Å². The molecule has 1 fully saturated rings. The zero-order chi connectivity index (χ0) is 11.8. The third kappa shape index (κ3) is 1.96. The highest BCUT2D eigenvalue weighted by atomic mass is 35.5. The highest BCUT2D eigenvalue weighted by Gasteiger charge is 2.27. The van der Waals surface area contributed by atoms with E-state index < -0.39 is 0 Å². The number of carbonyl (C=O) groups excluding carboxylic acids is 1. The van der Waals surface area contributed by atoms with Gasteiger partial charge < -0.3 is 9.15 Å². The number of hydrogen-bond donors (Lipinski definition) is 0. The quantitative estimate of drug-likeness (QED) is 0.767. The van der Waals surface area contributed by atoms with E-state index in [9.17, 15) is 4.79 Å². The van der Waals surface area contributed by atoms with Crippen LogP contribution in [-0.2, 0) is 4.74 Å². The van der Waals surface area contributed by atoms with E-state index >= 15 is 0 Å². The van der Waals surface area contributed by atoms with Gasteiger partial charge in [-0.3, -0.25) is 4.79 Å². The highest BCUT2D eigenvalue weighted by molar-refractivity contribution is 6.31. The van der Waals surface area contributed by atoms with Gasteiger partial charge in [-0.15, -0.1) is 0 Å². The average Bonchev–Trinajstić information content (AvgIpc) is 2.96. The lowest BCUT2D eigenvalue weighted by atomic mass is 10.1. The molecule has 0 amide bonds. The zero-order valence-corrected chi connectivity index (χ0v) is 9.87. The van der Waals surface area contributed by atoms with E-state index in [1.807, 2.05) is 0 Å². The number of ether oxygens (including phenoxy) is 1. The molecule has 0 bridgehead atoms. The molecule has 2 heterocycles. The molecule has 3 nitrogen and oxygen atoms in total. The third-order valence-corrected chi connectivity index (χ3v) is 3.18. The molecular weight excluding hydrogens is 240 g/mol. The Morgan fingerprint density at radius 3 is 3.00 bits per heavy atom. The summed E-state index contributed by atoms with van der Waals surface area (Å²) in [7, 11) is 0. The van der Waals surface area contributed by atoms with E-state index in [2.05, 4.69) is 0 Å². The van der Waals surface area contributed by atoms with Crippen LogP contribution in [0.25, 0.3) is 11.0 Å². The maximum Gasteiger partial charge on any atom is 0.226 e. The summed E-state index contributed by atoms with van der Waals surface area (Å²) in [6.07, 6.45) is 1.37. The predicted octanol–water partition coefficient (Wildman–Crippen LogP) is 3.45. The number of furan rings is 1. The second-order valence-electron chi connectivity index (χ2n) is 4.16. The summed E-state index contributed by atoms with van der Waals surface area (Å²) in [5.74, 6) is 0.281. The van der Waals surface area contributed by atoms with Gasteiger partial charge in [-0.2, -0.15) is 0 Å². The molecule has 1 aromatic heterocycles. The maximum absolute atomic E-state index is 12.0. The Bertz CT molecular complexity index is 567.